The highest BCUT2D eigenvalue weighted by atomic mass is 19.1. The highest BCUT2D eigenvalue weighted by Gasteiger charge is 2.32. The fourth-order valence-electron chi connectivity index (χ4n) is 4.21. The third-order valence-corrected chi connectivity index (χ3v) is 5.79. The van der Waals surface area contributed by atoms with Gasteiger partial charge in [0.1, 0.15) is 17.3 Å². The predicted octanol–water partition coefficient (Wildman–Crippen LogP) is 4.06. The summed E-state index contributed by atoms with van der Waals surface area (Å²) in [6.07, 6.45) is 2.41. The van der Waals surface area contributed by atoms with E-state index in [0.29, 0.717) is 25.2 Å². The minimum Gasteiger partial charge on any atom is -0.497 e. The number of hydrogen-bond acceptors (Lipinski definition) is 4. The molecule has 0 spiro atoms. The van der Waals surface area contributed by atoms with Gasteiger partial charge in [-0.05, 0) is 54.2 Å². The Kier molecular flexibility index (Phi) is 7.69. The smallest absolute Gasteiger partial charge is 0.224 e. The molecule has 1 amide bonds. The third-order valence-electron chi connectivity index (χ3n) is 5.79. The van der Waals surface area contributed by atoms with Gasteiger partial charge in [-0.15, -0.1) is 6.58 Å². The second kappa shape index (κ2) is 10.4. The van der Waals surface area contributed by atoms with Crippen LogP contribution in [0.1, 0.15) is 29.0 Å². The zero-order valence-electron chi connectivity index (χ0n) is 18.5. The van der Waals surface area contributed by atoms with Crippen LogP contribution in [-0.2, 0) is 11.3 Å². The molecule has 1 fully saturated rings. The quantitative estimate of drug-likeness (QED) is 0.647. The van der Waals surface area contributed by atoms with Gasteiger partial charge in [-0.3, -0.25) is 9.69 Å². The molecule has 0 aromatic heterocycles. The van der Waals surface area contributed by atoms with Crippen LogP contribution >= 0.6 is 0 Å². The Morgan fingerprint density at radius 2 is 1.90 bits per heavy atom. The molecule has 166 valence electrons. The molecule has 31 heavy (non-hydrogen) atoms. The summed E-state index contributed by atoms with van der Waals surface area (Å²) in [6.45, 7) is 8.00. The summed E-state index contributed by atoms with van der Waals surface area (Å²) < 4.78 is 24.6. The first-order valence-electron chi connectivity index (χ1n) is 10.5. The van der Waals surface area contributed by atoms with Crippen LogP contribution in [0.15, 0.2) is 49.1 Å². The summed E-state index contributed by atoms with van der Waals surface area (Å²) >= 11 is 0. The standard InChI is InChI=1S/C25H31FN2O3/c1-5-8-27-25(29)21-12-20(19-6-7-24(26)17(2)9-19)15-28(16-21)14-18-10-22(30-3)13-23(11-18)31-4/h5-7,9-11,13,20-21H,1,8,12,14-16H2,2-4H3,(H,27,29). The first kappa shape index (κ1) is 22.8. The number of nitrogens with one attached hydrogen (secondary N) is 1. The Labute approximate surface area is 183 Å². The molecule has 1 aliphatic heterocycles. The molecule has 2 unspecified atom stereocenters. The number of nitrogens with zero attached hydrogens (tertiary/aromatic N) is 1. The highest BCUT2D eigenvalue weighted by molar-refractivity contribution is 5.79. The first-order valence-corrected chi connectivity index (χ1v) is 10.5. The van der Waals surface area contributed by atoms with Gasteiger partial charge < -0.3 is 14.8 Å². The lowest BCUT2D eigenvalue weighted by Crippen LogP contribution is -2.45. The van der Waals surface area contributed by atoms with Gasteiger partial charge in [-0.25, -0.2) is 4.39 Å². The number of carbonyl (C=O) groups is 1. The summed E-state index contributed by atoms with van der Waals surface area (Å²) in [5.41, 5.74) is 2.74. The third kappa shape index (κ3) is 5.85. The molecule has 0 saturated carbocycles. The topological polar surface area (TPSA) is 50.8 Å². The Morgan fingerprint density at radius 3 is 2.52 bits per heavy atom. The lowest BCUT2D eigenvalue weighted by Gasteiger charge is -2.37. The maximum atomic E-state index is 13.8. The summed E-state index contributed by atoms with van der Waals surface area (Å²) in [6, 6.07) is 11.1. The van der Waals surface area contributed by atoms with Crippen molar-refractivity contribution in [1.29, 1.82) is 0 Å². The van der Waals surface area contributed by atoms with Crippen molar-refractivity contribution in [3.05, 3.63) is 71.6 Å². The number of carbonyl (C=O) groups excluding carboxylic acids is 1. The molecule has 0 radical (unpaired) electrons. The Balaban J connectivity index is 1.85. The Hall–Kier alpha value is -2.86. The van der Waals surface area contributed by atoms with E-state index in [2.05, 4.69) is 16.8 Å². The second-order valence-corrected chi connectivity index (χ2v) is 8.09. The summed E-state index contributed by atoms with van der Waals surface area (Å²) in [4.78, 5) is 15.0. The van der Waals surface area contributed by atoms with Crippen molar-refractivity contribution < 1.29 is 18.7 Å². The summed E-state index contributed by atoms with van der Waals surface area (Å²) in [5.74, 6) is 1.27. The van der Waals surface area contributed by atoms with Crippen molar-refractivity contribution in [2.75, 3.05) is 33.9 Å². The number of ether oxygens (including phenoxy) is 2. The van der Waals surface area contributed by atoms with Crippen molar-refractivity contribution in [2.24, 2.45) is 5.92 Å². The van der Waals surface area contributed by atoms with E-state index in [0.717, 1.165) is 35.6 Å². The fraction of sp³-hybridized carbons (Fsp3) is 0.400. The predicted molar refractivity (Wildman–Crippen MR) is 120 cm³/mol. The van der Waals surface area contributed by atoms with Crippen molar-refractivity contribution in [3.8, 4) is 11.5 Å². The van der Waals surface area contributed by atoms with Crippen LogP contribution in [0.4, 0.5) is 4.39 Å². The van der Waals surface area contributed by atoms with Crippen LogP contribution in [0.5, 0.6) is 11.5 Å². The van der Waals surface area contributed by atoms with Gasteiger partial charge in [-0.2, -0.15) is 0 Å². The molecule has 1 N–H and O–H groups in total. The van der Waals surface area contributed by atoms with Gasteiger partial charge >= 0.3 is 0 Å². The van der Waals surface area contributed by atoms with E-state index < -0.39 is 0 Å². The zero-order chi connectivity index (χ0) is 22.4. The van der Waals surface area contributed by atoms with E-state index in [-0.39, 0.29) is 23.6 Å². The highest BCUT2D eigenvalue weighted by Crippen LogP contribution is 2.33. The lowest BCUT2D eigenvalue weighted by atomic mass is 9.83. The largest absolute Gasteiger partial charge is 0.497 e. The van der Waals surface area contributed by atoms with E-state index in [1.165, 1.54) is 6.07 Å². The maximum Gasteiger partial charge on any atom is 0.224 e. The summed E-state index contributed by atoms with van der Waals surface area (Å²) in [7, 11) is 3.26. The van der Waals surface area contributed by atoms with Crippen molar-refractivity contribution in [2.45, 2.75) is 25.8 Å². The molecule has 1 saturated heterocycles. The molecule has 6 heteroatoms. The van der Waals surface area contributed by atoms with Gasteiger partial charge in [0.2, 0.25) is 5.91 Å². The van der Waals surface area contributed by atoms with Crippen molar-refractivity contribution >= 4 is 5.91 Å². The molecule has 2 aromatic rings. The van der Waals surface area contributed by atoms with Gasteiger partial charge in [0.25, 0.3) is 0 Å². The number of piperidine rings is 1. The molecule has 1 aliphatic rings. The molecule has 2 atom stereocenters. The van der Waals surface area contributed by atoms with E-state index in [4.69, 9.17) is 9.47 Å². The van der Waals surface area contributed by atoms with Crippen LogP contribution < -0.4 is 14.8 Å². The average Bonchev–Trinajstić information content (AvgIpc) is 2.78. The molecular formula is C25H31FN2O3. The number of benzene rings is 2. The van der Waals surface area contributed by atoms with Crippen LogP contribution in [0.2, 0.25) is 0 Å². The van der Waals surface area contributed by atoms with Gasteiger partial charge in [0.15, 0.2) is 0 Å². The molecule has 0 aliphatic carbocycles. The monoisotopic (exact) mass is 426 g/mol. The van der Waals surface area contributed by atoms with Gasteiger partial charge in [0.05, 0.1) is 20.1 Å². The number of likely N-dealkylation sites (tertiary alicyclic amines) is 1. The molecule has 0 bridgehead atoms. The van der Waals surface area contributed by atoms with Gasteiger partial charge in [-0.1, -0.05) is 18.2 Å². The maximum absolute atomic E-state index is 13.8. The SMILES string of the molecule is C=CCNC(=O)C1CC(c2ccc(F)c(C)c2)CN(Cc2cc(OC)cc(OC)c2)C1. The van der Waals surface area contributed by atoms with E-state index in [1.807, 2.05) is 30.3 Å². The van der Waals surface area contributed by atoms with Crippen molar-refractivity contribution in [3.63, 3.8) is 0 Å². The fourth-order valence-corrected chi connectivity index (χ4v) is 4.21. The van der Waals surface area contributed by atoms with Gasteiger partial charge in [0, 0.05) is 32.2 Å². The minimum atomic E-state index is -0.208. The van der Waals surface area contributed by atoms with Crippen LogP contribution in [-0.4, -0.2) is 44.7 Å². The first-order chi connectivity index (χ1) is 14.9. The van der Waals surface area contributed by atoms with Crippen LogP contribution in [0.3, 0.4) is 0 Å². The summed E-state index contributed by atoms with van der Waals surface area (Å²) in [5, 5.41) is 2.93. The number of rotatable bonds is 8. The van der Waals surface area contributed by atoms with E-state index >= 15 is 0 Å². The number of methoxy groups -OCH3 is 2. The zero-order valence-corrected chi connectivity index (χ0v) is 18.5. The average molecular weight is 427 g/mol. The number of amides is 1. The Bertz CT molecular complexity index is 909. The molecule has 2 aromatic carbocycles. The molecule has 3 rings (SSSR count). The molecule has 5 nitrogen and oxygen atoms in total. The second-order valence-electron chi connectivity index (χ2n) is 8.09. The lowest BCUT2D eigenvalue weighted by molar-refractivity contribution is -0.126. The minimum absolute atomic E-state index is 0.0247. The Morgan fingerprint density at radius 1 is 1.19 bits per heavy atom. The number of halogens is 1. The van der Waals surface area contributed by atoms with Crippen LogP contribution in [0, 0.1) is 18.7 Å². The van der Waals surface area contributed by atoms with E-state index in [1.54, 1.807) is 27.2 Å². The molecule has 1 heterocycles. The molecular weight excluding hydrogens is 395 g/mol. The number of hydrogen-bond donors (Lipinski definition) is 1. The number of aryl methyl sites for hydroxylation is 1. The van der Waals surface area contributed by atoms with Crippen molar-refractivity contribution in [1.82, 2.24) is 10.2 Å². The van der Waals surface area contributed by atoms with Crippen LogP contribution in [0.25, 0.3) is 0 Å². The van der Waals surface area contributed by atoms with E-state index in [9.17, 15) is 9.18 Å². The normalized spacial score (nSPS) is 19.0.